The molecule has 0 aliphatic heterocycles. The number of hydrogen-bond donors (Lipinski definition) is 2. The SMILES string of the molecule is Cc1ccc(OCCNC(=O)NCCC(C)C)cc1C. The van der Waals surface area contributed by atoms with Crippen molar-refractivity contribution in [1.82, 2.24) is 10.6 Å². The zero-order chi connectivity index (χ0) is 15.0. The Labute approximate surface area is 121 Å². The summed E-state index contributed by atoms with van der Waals surface area (Å²) in [6, 6.07) is 5.87. The average molecular weight is 278 g/mol. The molecule has 0 spiro atoms. The monoisotopic (exact) mass is 278 g/mol. The van der Waals surface area contributed by atoms with Crippen LogP contribution < -0.4 is 15.4 Å². The molecule has 1 aromatic carbocycles. The Kier molecular flexibility index (Phi) is 6.91. The minimum atomic E-state index is -0.130. The van der Waals surface area contributed by atoms with Gasteiger partial charge in [0.1, 0.15) is 12.4 Å². The van der Waals surface area contributed by atoms with E-state index < -0.39 is 0 Å². The molecule has 0 radical (unpaired) electrons. The number of aryl methyl sites for hydroxylation is 2. The Hall–Kier alpha value is -1.71. The van der Waals surface area contributed by atoms with Crippen LogP contribution in [-0.4, -0.2) is 25.7 Å². The molecule has 4 nitrogen and oxygen atoms in total. The lowest BCUT2D eigenvalue weighted by molar-refractivity contribution is 0.236. The largest absolute Gasteiger partial charge is 0.492 e. The van der Waals surface area contributed by atoms with Gasteiger partial charge >= 0.3 is 6.03 Å². The van der Waals surface area contributed by atoms with E-state index >= 15 is 0 Å². The number of hydrogen-bond acceptors (Lipinski definition) is 2. The predicted octanol–water partition coefficient (Wildman–Crippen LogP) is 3.03. The lowest BCUT2D eigenvalue weighted by Crippen LogP contribution is -2.38. The van der Waals surface area contributed by atoms with Crippen molar-refractivity contribution in [3.8, 4) is 5.75 Å². The van der Waals surface area contributed by atoms with Crippen LogP contribution in [0, 0.1) is 19.8 Å². The zero-order valence-electron chi connectivity index (χ0n) is 13.0. The van der Waals surface area contributed by atoms with Gasteiger partial charge in [-0.05, 0) is 49.4 Å². The fraction of sp³-hybridized carbons (Fsp3) is 0.562. The van der Waals surface area contributed by atoms with Gasteiger partial charge in [0.05, 0.1) is 6.54 Å². The van der Waals surface area contributed by atoms with Crippen molar-refractivity contribution < 1.29 is 9.53 Å². The van der Waals surface area contributed by atoms with E-state index in [1.165, 1.54) is 11.1 Å². The lowest BCUT2D eigenvalue weighted by atomic mass is 10.1. The normalized spacial score (nSPS) is 10.4. The van der Waals surface area contributed by atoms with Crippen LogP contribution in [0.15, 0.2) is 18.2 Å². The van der Waals surface area contributed by atoms with Crippen molar-refractivity contribution in [3.05, 3.63) is 29.3 Å². The minimum absolute atomic E-state index is 0.130. The molecule has 0 atom stereocenters. The van der Waals surface area contributed by atoms with Gasteiger partial charge in [0.2, 0.25) is 0 Å². The fourth-order valence-electron chi connectivity index (χ4n) is 1.67. The third-order valence-electron chi connectivity index (χ3n) is 3.14. The molecule has 2 N–H and O–H groups in total. The standard InChI is InChI=1S/C16H26N2O2/c1-12(2)7-8-17-16(19)18-9-10-20-15-6-5-13(3)14(4)11-15/h5-6,11-12H,7-10H2,1-4H3,(H2,17,18,19). The molecule has 0 heterocycles. The van der Waals surface area contributed by atoms with E-state index in [4.69, 9.17) is 4.74 Å². The fourth-order valence-corrected chi connectivity index (χ4v) is 1.67. The number of benzene rings is 1. The van der Waals surface area contributed by atoms with E-state index in [0.717, 1.165) is 12.2 Å². The number of carbonyl (C=O) groups is 1. The van der Waals surface area contributed by atoms with Crippen molar-refractivity contribution in [2.75, 3.05) is 19.7 Å². The molecule has 20 heavy (non-hydrogen) atoms. The van der Waals surface area contributed by atoms with Gasteiger partial charge in [-0.15, -0.1) is 0 Å². The Bertz CT molecular complexity index is 430. The smallest absolute Gasteiger partial charge is 0.314 e. The summed E-state index contributed by atoms with van der Waals surface area (Å²) in [5.74, 6) is 1.44. The summed E-state index contributed by atoms with van der Waals surface area (Å²) in [5.41, 5.74) is 2.46. The summed E-state index contributed by atoms with van der Waals surface area (Å²) in [6.45, 7) is 10.1. The molecule has 0 aliphatic carbocycles. The Morgan fingerprint density at radius 2 is 1.85 bits per heavy atom. The quantitative estimate of drug-likeness (QED) is 0.753. The molecule has 0 unspecified atom stereocenters. The van der Waals surface area contributed by atoms with Crippen molar-refractivity contribution in [2.24, 2.45) is 5.92 Å². The highest BCUT2D eigenvalue weighted by Gasteiger charge is 2.01. The molecule has 2 amide bonds. The summed E-state index contributed by atoms with van der Waals surface area (Å²) in [6.07, 6.45) is 0.993. The number of carbonyl (C=O) groups excluding carboxylic acids is 1. The van der Waals surface area contributed by atoms with Gasteiger partial charge in [0, 0.05) is 6.54 Å². The van der Waals surface area contributed by atoms with Gasteiger partial charge in [0.15, 0.2) is 0 Å². The highest BCUT2D eigenvalue weighted by atomic mass is 16.5. The van der Waals surface area contributed by atoms with Gasteiger partial charge in [-0.25, -0.2) is 4.79 Å². The summed E-state index contributed by atoms with van der Waals surface area (Å²) in [5, 5.41) is 5.60. The van der Waals surface area contributed by atoms with E-state index in [1.54, 1.807) is 0 Å². The number of urea groups is 1. The maximum absolute atomic E-state index is 11.5. The van der Waals surface area contributed by atoms with Crippen LogP contribution >= 0.6 is 0 Å². The molecular formula is C16H26N2O2. The third kappa shape index (κ3) is 6.45. The third-order valence-corrected chi connectivity index (χ3v) is 3.14. The molecular weight excluding hydrogens is 252 g/mol. The van der Waals surface area contributed by atoms with Crippen LogP contribution in [0.5, 0.6) is 5.75 Å². The van der Waals surface area contributed by atoms with Crippen LogP contribution in [0.25, 0.3) is 0 Å². The minimum Gasteiger partial charge on any atom is -0.492 e. The molecule has 1 aromatic rings. The van der Waals surface area contributed by atoms with Crippen LogP contribution in [0.3, 0.4) is 0 Å². The summed E-state index contributed by atoms with van der Waals surface area (Å²) >= 11 is 0. The number of amides is 2. The number of nitrogens with one attached hydrogen (secondary N) is 2. The maximum Gasteiger partial charge on any atom is 0.314 e. The van der Waals surface area contributed by atoms with E-state index in [9.17, 15) is 4.79 Å². The second kappa shape index (κ2) is 8.46. The maximum atomic E-state index is 11.5. The highest BCUT2D eigenvalue weighted by molar-refractivity contribution is 5.73. The van der Waals surface area contributed by atoms with E-state index in [-0.39, 0.29) is 6.03 Å². The highest BCUT2D eigenvalue weighted by Crippen LogP contribution is 2.15. The van der Waals surface area contributed by atoms with Crippen LogP contribution in [-0.2, 0) is 0 Å². The van der Waals surface area contributed by atoms with E-state index in [1.807, 2.05) is 18.2 Å². The van der Waals surface area contributed by atoms with Crippen LogP contribution in [0.1, 0.15) is 31.4 Å². The Morgan fingerprint density at radius 3 is 2.50 bits per heavy atom. The Balaban J connectivity index is 2.15. The molecule has 1 rings (SSSR count). The molecule has 0 saturated carbocycles. The molecule has 112 valence electrons. The Morgan fingerprint density at radius 1 is 1.15 bits per heavy atom. The van der Waals surface area contributed by atoms with E-state index in [0.29, 0.717) is 25.6 Å². The first-order valence-corrected chi connectivity index (χ1v) is 7.21. The second-order valence-electron chi connectivity index (χ2n) is 5.46. The van der Waals surface area contributed by atoms with Crippen molar-refractivity contribution in [1.29, 1.82) is 0 Å². The van der Waals surface area contributed by atoms with Gasteiger partial charge in [-0.1, -0.05) is 19.9 Å². The molecule has 0 aromatic heterocycles. The number of ether oxygens (including phenoxy) is 1. The second-order valence-corrected chi connectivity index (χ2v) is 5.46. The summed E-state index contributed by atoms with van der Waals surface area (Å²) in [7, 11) is 0. The molecule has 0 fully saturated rings. The predicted molar refractivity (Wildman–Crippen MR) is 82.3 cm³/mol. The van der Waals surface area contributed by atoms with Crippen molar-refractivity contribution >= 4 is 6.03 Å². The van der Waals surface area contributed by atoms with Gasteiger partial charge in [-0.2, -0.15) is 0 Å². The van der Waals surface area contributed by atoms with Crippen molar-refractivity contribution in [2.45, 2.75) is 34.1 Å². The summed E-state index contributed by atoms with van der Waals surface area (Å²) in [4.78, 5) is 11.5. The van der Waals surface area contributed by atoms with Crippen LogP contribution in [0.2, 0.25) is 0 Å². The van der Waals surface area contributed by atoms with E-state index in [2.05, 4.69) is 38.3 Å². The number of rotatable bonds is 7. The average Bonchev–Trinajstić information content (AvgIpc) is 2.38. The molecule has 0 aliphatic rings. The van der Waals surface area contributed by atoms with Crippen molar-refractivity contribution in [3.63, 3.8) is 0 Å². The van der Waals surface area contributed by atoms with Gasteiger partial charge in [-0.3, -0.25) is 0 Å². The first kappa shape index (κ1) is 16.3. The molecule has 0 bridgehead atoms. The summed E-state index contributed by atoms with van der Waals surface area (Å²) < 4.78 is 5.59. The molecule has 4 heteroatoms. The first-order valence-electron chi connectivity index (χ1n) is 7.21. The topological polar surface area (TPSA) is 50.4 Å². The van der Waals surface area contributed by atoms with Gasteiger partial charge < -0.3 is 15.4 Å². The zero-order valence-corrected chi connectivity index (χ0v) is 13.0. The molecule has 0 saturated heterocycles. The van der Waals surface area contributed by atoms with Gasteiger partial charge in [0.25, 0.3) is 0 Å². The first-order chi connectivity index (χ1) is 9.49. The van der Waals surface area contributed by atoms with Crippen LogP contribution in [0.4, 0.5) is 4.79 Å². The lowest BCUT2D eigenvalue weighted by Gasteiger charge is -2.10.